The second kappa shape index (κ2) is 6.06. The second-order valence-electron chi connectivity index (χ2n) is 2.14. The van der Waals surface area contributed by atoms with Crippen molar-refractivity contribution in [1.82, 2.24) is 0 Å². The van der Waals surface area contributed by atoms with Crippen LogP contribution in [0.25, 0.3) is 0 Å². The summed E-state index contributed by atoms with van der Waals surface area (Å²) in [6.45, 7) is 6.08. The number of aromatic hydroxyl groups is 1. The minimum atomic E-state index is 0.303. The lowest BCUT2D eigenvalue weighted by molar-refractivity contribution is 0.471. The van der Waals surface area contributed by atoms with E-state index in [9.17, 15) is 0 Å². The first-order valence-corrected chi connectivity index (χ1v) is 5.00. The van der Waals surface area contributed by atoms with Gasteiger partial charge in [0.2, 0.25) is 0 Å². The van der Waals surface area contributed by atoms with Gasteiger partial charge in [-0.25, -0.2) is 0 Å². The van der Waals surface area contributed by atoms with E-state index >= 15 is 0 Å². The van der Waals surface area contributed by atoms with Crippen LogP contribution in [0.5, 0.6) is 5.75 Å². The van der Waals surface area contributed by atoms with E-state index in [4.69, 9.17) is 5.11 Å². The molecular formula is C10H15BrO. The molecule has 0 aliphatic heterocycles. The number of hydrogen-bond acceptors (Lipinski definition) is 1. The molecule has 0 amide bonds. The second-order valence-corrected chi connectivity index (χ2v) is 2.99. The summed E-state index contributed by atoms with van der Waals surface area (Å²) in [5, 5.41) is 9.09. The van der Waals surface area contributed by atoms with E-state index in [1.165, 1.54) is 5.56 Å². The fourth-order valence-electron chi connectivity index (χ4n) is 0.770. The molecule has 0 atom stereocenters. The molecule has 68 valence electrons. The number of phenols is 1. The van der Waals surface area contributed by atoms with Crippen LogP contribution in [-0.2, 0) is 6.42 Å². The summed E-state index contributed by atoms with van der Waals surface area (Å²) >= 11 is 3.24. The normalized spacial score (nSPS) is 8.67. The third-order valence-electron chi connectivity index (χ3n) is 1.42. The molecule has 0 fully saturated rings. The molecule has 1 nitrogen and oxygen atoms in total. The average Bonchev–Trinajstić information content (AvgIpc) is 2.13. The molecule has 1 aromatic rings. The van der Waals surface area contributed by atoms with Gasteiger partial charge in [-0.2, -0.15) is 0 Å². The van der Waals surface area contributed by atoms with Crippen molar-refractivity contribution in [2.75, 3.05) is 0 Å². The maximum absolute atomic E-state index is 9.09. The number of phenolic OH excluding ortho intramolecular Hbond substituents is 1. The smallest absolute Gasteiger partial charge is 0.129 e. The van der Waals surface area contributed by atoms with Crippen molar-refractivity contribution >= 4 is 15.9 Å². The fourth-order valence-corrected chi connectivity index (χ4v) is 1.20. The highest BCUT2D eigenvalue weighted by Gasteiger charge is 1.96. The number of aryl methyl sites for hydroxylation is 1. The van der Waals surface area contributed by atoms with Crippen molar-refractivity contribution in [3.63, 3.8) is 0 Å². The van der Waals surface area contributed by atoms with Gasteiger partial charge in [0.15, 0.2) is 0 Å². The Bertz CT molecular complexity index is 233. The molecule has 0 bridgehead atoms. The van der Waals surface area contributed by atoms with E-state index in [1.54, 1.807) is 6.07 Å². The molecule has 1 rings (SSSR count). The third kappa shape index (κ3) is 3.26. The maximum atomic E-state index is 9.09. The zero-order valence-electron chi connectivity index (χ0n) is 7.76. The molecule has 12 heavy (non-hydrogen) atoms. The molecule has 0 unspecified atom stereocenters. The number of halogens is 1. The van der Waals surface area contributed by atoms with Gasteiger partial charge in [0.05, 0.1) is 4.47 Å². The minimum Gasteiger partial charge on any atom is -0.507 e. The van der Waals surface area contributed by atoms with Gasteiger partial charge in [-0.3, -0.25) is 0 Å². The lowest BCUT2D eigenvalue weighted by Crippen LogP contribution is -1.78. The zero-order chi connectivity index (χ0) is 9.56. The minimum absolute atomic E-state index is 0.303. The molecule has 0 aliphatic carbocycles. The van der Waals surface area contributed by atoms with E-state index in [-0.39, 0.29) is 0 Å². The first-order chi connectivity index (χ1) is 5.74. The summed E-state index contributed by atoms with van der Waals surface area (Å²) < 4.78 is 0.770. The Morgan fingerprint density at radius 1 is 1.33 bits per heavy atom. The van der Waals surface area contributed by atoms with Gasteiger partial charge in [-0.05, 0) is 40.0 Å². The summed E-state index contributed by atoms with van der Waals surface area (Å²) in [7, 11) is 0. The molecule has 0 heterocycles. The van der Waals surface area contributed by atoms with E-state index in [2.05, 4.69) is 22.9 Å². The summed E-state index contributed by atoms with van der Waals surface area (Å²) in [6.07, 6.45) is 0.999. The number of rotatable bonds is 1. The van der Waals surface area contributed by atoms with E-state index in [0.29, 0.717) is 5.75 Å². The van der Waals surface area contributed by atoms with Crippen molar-refractivity contribution in [1.29, 1.82) is 0 Å². The standard InChI is InChI=1S/C8H9BrO.C2H6/c1-2-6-3-4-8(10)7(9)5-6;1-2/h3-5,10H,2H2,1H3;1-2H3. The highest BCUT2D eigenvalue weighted by atomic mass is 79.9. The number of hydrogen-bond donors (Lipinski definition) is 1. The van der Waals surface area contributed by atoms with Gasteiger partial charge in [-0.15, -0.1) is 0 Å². The Morgan fingerprint density at radius 2 is 1.92 bits per heavy atom. The Labute approximate surface area is 82.6 Å². The summed E-state index contributed by atoms with van der Waals surface area (Å²) in [5.74, 6) is 0.303. The van der Waals surface area contributed by atoms with Crippen LogP contribution in [0, 0.1) is 0 Å². The van der Waals surface area contributed by atoms with Crippen LogP contribution in [0.3, 0.4) is 0 Å². The predicted octanol–water partition coefficient (Wildman–Crippen LogP) is 3.74. The van der Waals surface area contributed by atoms with Crippen LogP contribution in [-0.4, -0.2) is 5.11 Å². The first-order valence-electron chi connectivity index (χ1n) is 4.21. The quantitative estimate of drug-likeness (QED) is 0.780. The Hall–Kier alpha value is -0.500. The lowest BCUT2D eigenvalue weighted by Gasteiger charge is -1.98. The van der Waals surface area contributed by atoms with Crippen molar-refractivity contribution < 1.29 is 5.11 Å². The molecule has 0 saturated heterocycles. The predicted molar refractivity (Wildman–Crippen MR) is 56.5 cm³/mol. The van der Waals surface area contributed by atoms with Crippen LogP contribution in [0.4, 0.5) is 0 Å². The molecule has 1 aromatic carbocycles. The molecule has 0 radical (unpaired) electrons. The van der Waals surface area contributed by atoms with Crippen molar-refractivity contribution in [2.45, 2.75) is 27.2 Å². The maximum Gasteiger partial charge on any atom is 0.129 e. The van der Waals surface area contributed by atoms with Gasteiger partial charge in [-0.1, -0.05) is 26.8 Å². The van der Waals surface area contributed by atoms with E-state index in [0.717, 1.165) is 10.9 Å². The van der Waals surface area contributed by atoms with Gasteiger partial charge in [0.25, 0.3) is 0 Å². The van der Waals surface area contributed by atoms with Gasteiger partial charge >= 0.3 is 0 Å². The van der Waals surface area contributed by atoms with Crippen LogP contribution >= 0.6 is 15.9 Å². The average molecular weight is 231 g/mol. The topological polar surface area (TPSA) is 20.2 Å². The number of benzene rings is 1. The van der Waals surface area contributed by atoms with Crippen molar-refractivity contribution in [3.8, 4) is 5.75 Å². The van der Waals surface area contributed by atoms with Gasteiger partial charge in [0, 0.05) is 0 Å². The molecule has 0 spiro atoms. The largest absolute Gasteiger partial charge is 0.507 e. The first kappa shape index (κ1) is 11.5. The SMILES string of the molecule is CC.CCc1ccc(O)c(Br)c1. The molecule has 0 aliphatic rings. The molecule has 1 N–H and O–H groups in total. The van der Waals surface area contributed by atoms with Gasteiger partial charge in [0.1, 0.15) is 5.75 Å². The Kier molecular flexibility index (Phi) is 5.81. The summed E-state index contributed by atoms with van der Waals surface area (Å²) in [6, 6.07) is 5.54. The van der Waals surface area contributed by atoms with Crippen LogP contribution < -0.4 is 0 Å². The van der Waals surface area contributed by atoms with Crippen LogP contribution in [0.2, 0.25) is 0 Å². The van der Waals surface area contributed by atoms with Crippen LogP contribution in [0.15, 0.2) is 22.7 Å². The summed E-state index contributed by atoms with van der Waals surface area (Å²) in [5.41, 5.74) is 1.23. The highest BCUT2D eigenvalue weighted by Crippen LogP contribution is 2.24. The highest BCUT2D eigenvalue weighted by molar-refractivity contribution is 9.10. The Balaban J connectivity index is 0.000000561. The molecule has 2 heteroatoms. The molecule has 0 aromatic heterocycles. The van der Waals surface area contributed by atoms with E-state index in [1.807, 2.05) is 26.0 Å². The van der Waals surface area contributed by atoms with Crippen molar-refractivity contribution in [3.05, 3.63) is 28.2 Å². The monoisotopic (exact) mass is 230 g/mol. The fraction of sp³-hybridized carbons (Fsp3) is 0.400. The van der Waals surface area contributed by atoms with Gasteiger partial charge < -0.3 is 5.11 Å². The van der Waals surface area contributed by atoms with Crippen molar-refractivity contribution in [2.24, 2.45) is 0 Å². The molecular weight excluding hydrogens is 216 g/mol. The third-order valence-corrected chi connectivity index (χ3v) is 2.06. The molecule has 0 saturated carbocycles. The zero-order valence-corrected chi connectivity index (χ0v) is 9.35. The summed E-state index contributed by atoms with van der Waals surface area (Å²) in [4.78, 5) is 0. The lowest BCUT2D eigenvalue weighted by atomic mass is 10.2. The van der Waals surface area contributed by atoms with E-state index < -0.39 is 0 Å². The Morgan fingerprint density at radius 3 is 2.33 bits per heavy atom. The van der Waals surface area contributed by atoms with Crippen LogP contribution in [0.1, 0.15) is 26.3 Å².